The molecule has 9 heteroatoms. The van der Waals surface area contributed by atoms with E-state index in [1.54, 1.807) is 0 Å². The third-order valence-electron chi connectivity index (χ3n) is 7.02. The van der Waals surface area contributed by atoms with Crippen LogP contribution in [0.1, 0.15) is 36.3 Å². The molecule has 1 aliphatic carbocycles. The number of nitrogens with zero attached hydrogens (tertiary/aromatic N) is 1. The van der Waals surface area contributed by atoms with E-state index in [0.717, 1.165) is 25.2 Å². The summed E-state index contributed by atoms with van der Waals surface area (Å²) in [6, 6.07) is 3.92. The van der Waals surface area contributed by atoms with E-state index in [2.05, 4.69) is 16.3 Å². The van der Waals surface area contributed by atoms with Crippen LogP contribution >= 0.6 is 0 Å². The fourth-order valence-corrected chi connectivity index (χ4v) is 5.53. The number of rotatable bonds is 3. The van der Waals surface area contributed by atoms with Gasteiger partial charge in [-0.2, -0.15) is 0 Å². The first-order chi connectivity index (χ1) is 14.5. The van der Waals surface area contributed by atoms with E-state index in [9.17, 15) is 25.2 Å². The van der Waals surface area contributed by atoms with Gasteiger partial charge in [-0.3, -0.25) is 0 Å². The average Bonchev–Trinajstić information content (AvgIpc) is 3.10. The molecule has 1 aromatic rings. The molecule has 164 valence electrons. The Morgan fingerprint density at radius 1 is 1.17 bits per heavy atom. The largest absolute Gasteiger partial charge is 0.479 e. The molecule has 4 aliphatic rings. The van der Waals surface area contributed by atoms with Crippen molar-refractivity contribution >= 4 is 11.7 Å². The molecule has 30 heavy (non-hydrogen) atoms. The predicted molar refractivity (Wildman–Crippen MR) is 105 cm³/mol. The fourth-order valence-electron chi connectivity index (χ4n) is 5.53. The summed E-state index contributed by atoms with van der Waals surface area (Å²) in [5.41, 5.74) is 3.46. The van der Waals surface area contributed by atoms with E-state index in [4.69, 9.17) is 9.47 Å². The van der Waals surface area contributed by atoms with Crippen LogP contribution in [0, 0.1) is 5.92 Å². The molecule has 0 amide bonds. The molecule has 1 aromatic carbocycles. The smallest absolute Gasteiger partial charge is 0.335 e. The minimum Gasteiger partial charge on any atom is -0.479 e. The molecule has 0 bridgehead atoms. The van der Waals surface area contributed by atoms with Crippen LogP contribution in [0.2, 0.25) is 0 Å². The molecule has 0 spiro atoms. The van der Waals surface area contributed by atoms with Crippen molar-refractivity contribution in [2.75, 3.05) is 24.5 Å². The fraction of sp³-hybridized carbons (Fsp3) is 0.667. The first-order valence-corrected chi connectivity index (χ1v) is 10.7. The first kappa shape index (κ1) is 20.0. The van der Waals surface area contributed by atoms with Gasteiger partial charge in [0.25, 0.3) is 0 Å². The lowest BCUT2D eigenvalue weighted by atomic mass is 9.82. The number of carboxylic acid groups (broad SMARTS) is 1. The third-order valence-corrected chi connectivity index (χ3v) is 7.02. The van der Waals surface area contributed by atoms with Gasteiger partial charge in [0, 0.05) is 37.4 Å². The van der Waals surface area contributed by atoms with Crippen LogP contribution in [-0.2, 0) is 16.1 Å². The minimum absolute atomic E-state index is 0.487. The zero-order valence-electron chi connectivity index (χ0n) is 16.6. The van der Waals surface area contributed by atoms with Crippen molar-refractivity contribution in [3.05, 3.63) is 23.3 Å². The van der Waals surface area contributed by atoms with Gasteiger partial charge in [-0.05, 0) is 36.3 Å². The van der Waals surface area contributed by atoms with E-state index in [1.807, 2.05) is 6.07 Å². The van der Waals surface area contributed by atoms with Crippen molar-refractivity contribution in [1.82, 2.24) is 5.32 Å². The van der Waals surface area contributed by atoms with Crippen LogP contribution in [0.15, 0.2) is 12.1 Å². The number of aliphatic carboxylic acids is 1. The van der Waals surface area contributed by atoms with Crippen molar-refractivity contribution in [3.8, 4) is 5.75 Å². The Morgan fingerprint density at radius 2 is 2.00 bits per heavy atom. The molecule has 2 fully saturated rings. The second-order valence-corrected chi connectivity index (χ2v) is 8.75. The lowest BCUT2D eigenvalue weighted by Gasteiger charge is -2.41. The second-order valence-electron chi connectivity index (χ2n) is 8.75. The van der Waals surface area contributed by atoms with E-state index < -0.39 is 36.7 Å². The molecular formula is C21H28N2O7. The summed E-state index contributed by atoms with van der Waals surface area (Å²) in [6.45, 7) is 3.35. The summed E-state index contributed by atoms with van der Waals surface area (Å²) in [5.74, 6) is 0.283. The SMILES string of the molecule is O=C(O)C1OC(Oc2ccc3c4c2CNCCN4CC2CCCC32)C(O)C(O)C1O. The lowest BCUT2D eigenvalue weighted by molar-refractivity contribution is -0.271. The maximum absolute atomic E-state index is 11.4. The number of aliphatic hydroxyl groups is 3. The zero-order chi connectivity index (χ0) is 21.0. The van der Waals surface area contributed by atoms with E-state index in [-0.39, 0.29) is 0 Å². The van der Waals surface area contributed by atoms with Crippen LogP contribution in [0.3, 0.4) is 0 Å². The number of hydrogen-bond acceptors (Lipinski definition) is 8. The predicted octanol–water partition coefficient (Wildman–Crippen LogP) is -0.236. The highest BCUT2D eigenvalue weighted by atomic mass is 16.7. The molecule has 0 radical (unpaired) electrons. The van der Waals surface area contributed by atoms with Gasteiger partial charge in [-0.25, -0.2) is 4.79 Å². The number of benzene rings is 1. The summed E-state index contributed by atoms with van der Waals surface area (Å²) in [5, 5.41) is 43.0. The third kappa shape index (κ3) is 3.16. The lowest BCUT2D eigenvalue weighted by Crippen LogP contribution is -2.61. The van der Waals surface area contributed by atoms with Crippen LogP contribution in [-0.4, -0.2) is 76.7 Å². The Labute approximate surface area is 174 Å². The molecule has 5 rings (SSSR count). The number of carbonyl (C=O) groups is 1. The summed E-state index contributed by atoms with van der Waals surface area (Å²) in [4.78, 5) is 13.8. The van der Waals surface area contributed by atoms with Gasteiger partial charge in [-0.15, -0.1) is 0 Å². The van der Waals surface area contributed by atoms with Crippen molar-refractivity contribution < 1.29 is 34.7 Å². The standard InChI is InChI=1S/C21H28N2O7/c24-16-17(25)19(20(27)28)30-21(18(16)26)29-14-5-4-12-11-3-1-2-10(11)9-23-7-6-22-8-13(14)15(12)23/h4-5,10-11,16-19,21-22,24-26H,1-3,6-9H2,(H,27,28). The molecule has 7 unspecified atom stereocenters. The minimum atomic E-state index is -1.74. The number of fused-ring (bicyclic) bond motifs is 2. The van der Waals surface area contributed by atoms with Gasteiger partial charge in [0.05, 0.1) is 0 Å². The normalized spacial score (nSPS) is 37.8. The monoisotopic (exact) mass is 420 g/mol. The number of ether oxygens (including phenoxy) is 2. The van der Waals surface area contributed by atoms with Gasteiger partial charge >= 0.3 is 5.97 Å². The number of carboxylic acids is 1. The topological polar surface area (TPSA) is 132 Å². The Hall–Kier alpha value is -1.91. The Morgan fingerprint density at radius 3 is 2.80 bits per heavy atom. The molecular weight excluding hydrogens is 392 g/mol. The van der Waals surface area contributed by atoms with Gasteiger partial charge in [0.1, 0.15) is 24.1 Å². The second kappa shape index (κ2) is 7.65. The summed E-state index contributed by atoms with van der Waals surface area (Å²) in [7, 11) is 0. The Bertz CT molecular complexity index is 834. The van der Waals surface area contributed by atoms with Gasteiger partial charge < -0.3 is 40.1 Å². The van der Waals surface area contributed by atoms with Gasteiger partial charge in [0.2, 0.25) is 6.29 Å². The van der Waals surface area contributed by atoms with Crippen molar-refractivity contribution in [1.29, 1.82) is 0 Å². The molecule has 3 aliphatic heterocycles. The van der Waals surface area contributed by atoms with Crippen molar-refractivity contribution in [2.45, 2.75) is 62.4 Å². The molecule has 0 aromatic heterocycles. The van der Waals surface area contributed by atoms with Crippen molar-refractivity contribution in [3.63, 3.8) is 0 Å². The van der Waals surface area contributed by atoms with Crippen molar-refractivity contribution in [2.24, 2.45) is 5.92 Å². The van der Waals surface area contributed by atoms with E-state index in [0.29, 0.717) is 24.1 Å². The summed E-state index contributed by atoms with van der Waals surface area (Å²) >= 11 is 0. The molecule has 3 heterocycles. The Balaban J connectivity index is 1.49. The van der Waals surface area contributed by atoms with Gasteiger partial charge in [0.15, 0.2) is 6.10 Å². The van der Waals surface area contributed by atoms with E-state index in [1.165, 1.54) is 30.5 Å². The number of anilines is 1. The molecule has 9 nitrogen and oxygen atoms in total. The Kier molecular flexibility index (Phi) is 5.11. The highest BCUT2D eigenvalue weighted by Crippen LogP contribution is 2.50. The first-order valence-electron chi connectivity index (χ1n) is 10.7. The van der Waals surface area contributed by atoms with Crippen LogP contribution < -0.4 is 15.0 Å². The quantitative estimate of drug-likeness (QED) is 0.450. The summed E-state index contributed by atoms with van der Waals surface area (Å²) in [6.07, 6.45) is -4.40. The number of nitrogens with one attached hydrogen (secondary N) is 1. The van der Waals surface area contributed by atoms with Crippen LogP contribution in [0.25, 0.3) is 0 Å². The van der Waals surface area contributed by atoms with Crippen LogP contribution in [0.4, 0.5) is 5.69 Å². The maximum Gasteiger partial charge on any atom is 0.335 e. The highest BCUT2D eigenvalue weighted by molar-refractivity contribution is 5.73. The van der Waals surface area contributed by atoms with E-state index >= 15 is 0 Å². The highest BCUT2D eigenvalue weighted by Gasteiger charge is 2.48. The van der Waals surface area contributed by atoms with Gasteiger partial charge in [-0.1, -0.05) is 12.5 Å². The average molecular weight is 420 g/mol. The molecule has 1 saturated carbocycles. The molecule has 7 atom stereocenters. The number of aliphatic hydroxyl groups excluding tert-OH is 3. The summed E-state index contributed by atoms with van der Waals surface area (Å²) < 4.78 is 11.3. The zero-order valence-corrected chi connectivity index (χ0v) is 16.6. The maximum atomic E-state index is 11.4. The van der Waals surface area contributed by atoms with Crippen LogP contribution in [0.5, 0.6) is 5.75 Å². The molecule has 1 saturated heterocycles. The molecule has 5 N–H and O–H groups in total. The number of hydrogen-bond donors (Lipinski definition) is 5.